The topological polar surface area (TPSA) is 45.4 Å². The first-order chi connectivity index (χ1) is 10.2. The average molecular weight is 289 g/mol. The summed E-state index contributed by atoms with van der Waals surface area (Å²) < 4.78 is 18.7. The van der Waals surface area contributed by atoms with Crippen LogP contribution >= 0.6 is 0 Å². The molecule has 1 aliphatic rings. The highest BCUT2D eigenvalue weighted by molar-refractivity contribution is 5.22. The van der Waals surface area contributed by atoms with Crippen LogP contribution in [-0.2, 0) is 13.2 Å². The van der Waals surface area contributed by atoms with Gasteiger partial charge >= 0.3 is 0 Å². The summed E-state index contributed by atoms with van der Waals surface area (Å²) in [6.07, 6.45) is 3.20. The lowest BCUT2D eigenvalue weighted by Gasteiger charge is -2.13. The Bertz CT molecular complexity index is 596. The van der Waals surface area contributed by atoms with Gasteiger partial charge in [-0.1, -0.05) is 12.1 Å². The number of furan rings is 1. The molecule has 1 fully saturated rings. The summed E-state index contributed by atoms with van der Waals surface area (Å²) in [5.41, 5.74) is 1.10. The van der Waals surface area contributed by atoms with Crippen LogP contribution < -0.4 is 5.32 Å². The molecular formula is C17H20FNO2. The van der Waals surface area contributed by atoms with E-state index in [1.807, 2.05) is 12.1 Å². The van der Waals surface area contributed by atoms with E-state index in [0.29, 0.717) is 24.3 Å². The Balaban J connectivity index is 1.52. The van der Waals surface area contributed by atoms with E-state index in [9.17, 15) is 4.39 Å². The molecule has 2 N–H and O–H groups in total. The average Bonchev–Trinajstić information content (AvgIpc) is 3.14. The number of halogens is 1. The van der Waals surface area contributed by atoms with E-state index >= 15 is 0 Å². The highest BCUT2D eigenvalue weighted by Gasteiger charge is 2.25. The van der Waals surface area contributed by atoms with E-state index in [1.165, 1.54) is 6.07 Å². The van der Waals surface area contributed by atoms with E-state index in [4.69, 9.17) is 9.52 Å². The van der Waals surface area contributed by atoms with Crippen LogP contribution in [0.5, 0.6) is 0 Å². The zero-order valence-corrected chi connectivity index (χ0v) is 11.9. The first-order valence-corrected chi connectivity index (χ1v) is 7.42. The third kappa shape index (κ3) is 3.52. The van der Waals surface area contributed by atoms with Gasteiger partial charge in [-0.15, -0.1) is 0 Å². The maximum absolute atomic E-state index is 13.3. The van der Waals surface area contributed by atoms with Gasteiger partial charge in [0, 0.05) is 6.04 Å². The predicted molar refractivity (Wildman–Crippen MR) is 78.3 cm³/mol. The quantitative estimate of drug-likeness (QED) is 0.887. The number of aliphatic hydroxyl groups excluding tert-OH is 1. The molecule has 1 saturated carbocycles. The van der Waals surface area contributed by atoms with Crippen LogP contribution in [0.2, 0.25) is 0 Å². The minimum atomic E-state index is -0.156. The minimum Gasteiger partial charge on any atom is -0.462 e. The monoisotopic (exact) mass is 289 g/mol. The Morgan fingerprint density at radius 2 is 2.05 bits per heavy atom. The largest absolute Gasteiger partial charge is 0.462 e. The minimum absolute atomic E-state index is 0.0644. The van der Waals surface area contributed by atoms with Crippen molar-refractivity contribution in [3.05, 3.63) is 59.3 Å². The fourth-order valence-corrected chi connectivity index (χ4v) is 3.08. The van der Waals surface area contributed by atoms with Crippen LogP contribution in [0, 0.1) is 5.82 Å². The van der Waals surface area contributed by atoms with E-state index in [0.717, 1.165) is 30.6 Å². The third-order valence-corrected chi connectivity index (χ3v) is 4.19. The summed E-state index contributed by atoms with van der Waals surface area (Å²) >= 11 is 0. The molecule has 0 aliphatic heterocycles. The molecule has 0 saturated heterocycles. The maximum Gasteiger partial charge on any atom is 0.129 e. The zero-order chi connectivity index (χ0) is 14.7. The first kappa shape index (κ1) is 14.3. The van der Waals surface area contributed by atoms with Crippen molar-refractivity contribution in [1.29, 1.82) is 0 Å². The number of rotatable bonds is 5. The number of hydrogen-bond acceptors (Lipinski definition) is 3. The molecule has 1 heterocycles. The Hall–Kier alpha value is -1.65. The van der Waals surface area contributed by atoms with Crippen molar-refractivity contribution in [2.24, 2.45) is 0 Å². The second kappa shape index (κ2) is 6.41. The number of benzene rings is 1. The molecule has 0 radical (unpaired) electrons. The molecular weight excluding hydrogens is 269 g/mol. The second-order valence-corrected chi connectivity index (χ2v) is 5.67. The lowest BCUT2D eigenvalue weighted by atomic mass is 9.97. The molecule has 21 heavy (non-hydrogen) atoms. The van der Waals surface area contributed by atoms with Crippen LogP contribution in [0.4, 0.5) is 4.39 Å². The highest BCUT2D eigenvalue weighted by atomic mass is 19.1. The number of hydrogen-bond donors (Lipinski definition) is 2. The van der Waals surface area contributed by atoms with Crippen molar-refractivity contribution in [3.63, 3.8) is 0 Å². The molecule has 2 aromatic rings. The normalized spacial score (nSPS) is 21.8. The van der Waals surface area contributed by atoms with Gasteiger partial charge in [-0.2, -0.15) is 0 Å². The van der Waals surface area contributed by atoms with Gasteiger partial charge < -0.3 is 14.8 Å². The first-order valence-electron chi connectivity index (χ1n) is 7.42. The van der Waals surface area contributed by atoms with Gasteiger partial charge in [-0.05, 0) is 55.0 Å². The van der Waals surface area contributed by atoms with Crippen LogP contribution in [-0.4, -0.2) is 11.1 Å². The molecule has 2 unspecified atom stereocenters. The lowest BCUT2D eigenvalue weighted by molar-refractivity contribution is 0.242. The highest BCUT2D eigenvalue weighted by Crippen LogP contribution is 2.34. The van der Waals surface area contributed by atoms with Gasteiger partial charge in [0.05, 0.1) is 6.54 Å². The van der Waals surface area contributed by atoms with Crippen LogP contribution in [0.25, 0.3) is 0 Å². The van der Waals surface area contributed by atoms with Crippen molar-refractivity contribution >= 4 is 0 Å². The zero-order valence-electron chi connectivity index (χ0n) is 11.9. The molecule has 2 atom stereocenters. The Labute approximate surface area is 123 Å². The van der Waals surface area contributed by atoms with Gasteiger partial charge in [0.1, 0.15) is 23.9 Å². The van der Waals surface area contributed by atoms with Crippen molar-refractivity contribution in [3.8, 4) is 0 Å². The van der Waals surface area contributed by atoms with Gasteiger partial charge in [0.15, 0.2) is 0 Å². The number of nitrogens with one attached hydrogen (secondary N) is 1. The summed E-state index contributed by atoms with van der Waals surface area (Å²) in [6, 6.07) is 11.0. The Morgan fingerprint density at radius 1 is 1.19 bits per heavy atom. The van der Waals surface area contributed by atoms with Gasteiger partial charge in [0.25, 0.3) is 0 Å². The summed E-state index contributed by atoms with van der Waals surface area (Å²) in [6.45, 7) is 0.603. The van der Waals surface area contributed by atoms with Crippen molar-refractivity contribution in [1.82, 2.24) is 5.32 Å². The second-order valence-electron chi connectivity index (χ2n) is 5.67. The molecule has 4 heteroatoms. The summed E-state index contributed by atoms with van der Waals surface area (Å²) in [7, 11) is 0. The van der Waals surface area contributed by atoms with Gasteiger partial charge in [0.2, 0.25) is 0 Å². The maximum atomic E-state index is 13.3. The number of aliphatic hydroxyl groups is 1. The van der Waals surface area contributed by atoms with Crippen LogP contribution in [0.3, 0.4) is 0 Å². The summed E-state index contributed by atoms with van der Waals surface area (Å²) in [5, 5.41) is 12.4. The van der Waals surface area contributed by atoms with Crippen LogP contribution in [0.1, 0.15) is 42.3 Å². The van der Waals surface area contributed by atoms with Crippen molar-refractivity contribution in [2.75, 3.05) is 0 Å². The molecule has 1 aromatic carbocycles. The third-order valence-electron chi connectivity index (χ3n) is 4.19. The summed E-state index contributed by atoms with van der Waals surface area (Å²) in [4.78, 5) is 0. The van der Waals surface area contributed by atoms with Gasteiger partial charge in [-0.3, -0.25) is 0 Å². The fraction of sp³-hybridized carbons (Fsp3) is 0.412. The van der Waals surface area contributed by atoms with Gasteiger partial charge in [-0.25, -0.2) is 4.39 Å². The molecule has 3 nitrogen and oxygen atoms in total. The molecule has 1 aromatic heterocycles. The Morgan fingerprint density at radius 3 is 2.81 bits per heavy atom. The SMILES string of the molecule is OCc1ccc(CNC2CCC(c3cccc(F)c3)C2)o1. The molecule has 0 amide bonds. The van der Waals surface area contributed by atoms with E-state index in [2.05, 4.69) is 5.32 Å². The molecule has 0 spiro atoms. The smallest absolute Gasteiger partial charge is 0.129 e. The molecule has 0 bridgehead atoms. The van der Waals surface area contributed by atoms with E-state index in [-0.39, 0.29) is 12.4 Å². The van der Waals surface area contributed by atoms with E-state index in [1.54, 1.807) is 18.2 Å². The van der Waals surface area contributed by atoms with E-state index < -0.39 is 0 Å². The Kier molecular flexibility index (Phi) is 4.36. The standard InChI is InChI=1S/C17H20FNO2/c18-14-3-1-2-12(8-14)13-4-5-15(9-13)19-10-16-6-7-17(11-20)21-16/h1-3,6-8,13,15,19-20H,4-5,9-11H2. The molecule has 1 aliphatic carbocycles. The lowest BCUT2D eigenvalue weighted by Crippen LogP contribution is -2.25. The fourth-order valence-electron chi connectivity index (χ4n) is 3.08. The molecule has 112 valence electrons. The van der Waals surface area contributed by atoms with Crippen LogP contribution in [0.15, 0.2) is 40.8 Å². The summed E-state index contributed by atoms with van der Waals surface area (Å²) in [5.74, 6) is 1.71. The van der Waals surface area contributed by atoms with Crippen molar-refractivity contribution in [2.45, 2.75) is 44.4 Å². The molecule has 3 rings (SSSR count). The predicted octanol–water partition coefficient (Wildman–Crippen LogP) is 3.34. The van der Waals surface area contributed by atoms with Crippen molar-refractivity contribution < 1.29 is 13.9 Å².